The Morgan fingerprint density at radius 2 is 1.68 bits per heavy atom. The topological polar surface area (TPSA) is 135 Å². The van der Waals surface area contributed by atoms with Gasteiger partial charge in [0, 0.05) is 11.8 Å². The smallest absolute Gasteiger partial charge is 0.336 e. The zero-order valence-corrected chi connectivity index (χ0v) is 20.1. The summed E-state index contributed by atoms with van der Waals surface area (Å²) in [5.41, 5.74) is 2.31. The van der Waals surface area contributed by atoms with Gasteiger partial charge >= 0.3 is 11.9 Å². The Morgan fingerprint density at radius 3 is 2.35 bits per heavy atom. The van der Waals surface area contributed by atoms with Crippen molar-refractivity contribution < 1.29 is 34.1 Å². The predicted molar refractivity (Wildman–Crippen MR) is 136 cm³/mol. The van der Waals surface area contributed by atoms with Crippen molar-refractivity contribution >= 4 is 28.7 Å². The fraction of sp³-hybridized carbons (Fsp3) is 0.143. The van der Waals surface area contributed by atoms with E-state index in [1.165, 1.54) is 25.3 Å². The average molecular weight is 501 g/mol. The lowest BCUT2D eigenvalue weighted by Gasteiger charge is -2.17. The van der Waals surface area contributed by atoms with Gasteiger partial charge in [0.2, 0.25) is 0 Å². The number of benzene rings is 3. The molecular weight excluding hydrogens is 476 g/mol. The maximum absolute atomic E-state index is 13.1. The van der Waals surface area contributed by atoms with Gasteiger partial charge in [0.15, 0.2) is 0 Å². The number of pyridine rings is 1. The van der Waals surface area contributed by atoms with Crippen molar-refractivity contribution in [3.63, 3.8) is 0 Å². The van der Waals surface area contributed by atoms with Gasteiger partial charge in [-0.15, -0.1) is 0 Å². The molecule has 188 valence electrons. The number of aromatic nitrogens is 1. The van der Waals surface area contributed by atoms with Gasteiger partial charge in [0.05, 0.1) is 25.3 Å². The van der Waals surface area contributed by atoms with Crippen molar-refractivity contribution in [3.05, 3.63) is 89.6 Å². The number of amides is 1. The van der Waals surface area contributed by atoms with Crippen molar-refractivity contribution in [3.8, 4) is 22.6 Å². The van der Waals surface area contributed by atoms with Gasteiger partial charge in [-0.3, -0.25) is 4.79 Å². The minimum absolute atomic E-state index is 0.0681. The van der Waals surface area contributed by atoms with Crippen LogP contribution in [0.15, 0.2) is 72.8 Å². The molecule has 3 aromatic carbocycles. The van der Waals surface area contributed by atoms with E-state index in [-0.39, 0.29) is 23.4 Å². The minimum Gasteiger partial charge on any atom is -0.508 e. The van der Waals surface area contributed by atoms with Gasteiger partial charge in [-0.2, -0.15) is 0 Å². The Bertz CT molecular complexity index is 1480. The van der Waals surface area contributed by atoms with E-state index in [2.05, 4.69) is 10.3 Å². The molecule has 0 bridgehead atoms. The largest absolute Gasteiger partial charge is 0.508 e. The van der Waals surface area contributed by atoms with Gasteiger partial charge in [-0.1, -0.05) is 30.3 Å². The number of hydrogen-bond donors (Lipinski definition) is 3. The maximum Gasteiger partial charge on any atom is 0.336 e. The molecule has 1 atom stereocenters. The molecule has 9 nitrogen and oxygen atoms in total. The summed E-state index contributed by atoms with van der Waals surface area (Å²) in [5.74, 6) is -1.90. The molecule has 0 aliphatic rings. The van der Waals surface area contributed by atoms with Crippen LogP contribution in [0.3, 0.4) is 0 Å². The van der Waals surface area contributed by atoms with Crippen LogP contribution in [0.1, 0.15) is 26.4 Å². The number of hydrogen-bond acceptors (Lipinski definition) is 7. The molecule has 0 saturated carbocycles. The molecule has 0 unspecified atom stereocenters. The summed E-state index contributed by atoms with van der Waals surface area (Å²) >= 11 is 0. The van der Waals surface area contributed by atoms with Crippen LogP contribution in [0.4, 0.5) is 0 Å². The van der Waals surface area contributed by atoms with Gasteiger partial charge < -0.3 is 25.0 Å². The molecule has 9 heteroatoms. The Kier molecular flexibility index (Phi) is 7.34. The van der Waals surface area contributed by atoms with E-state index in [1.54, 1.807) is 37.4 Å². The van der Waals surface area contributed by atoms with E-state index in [0.717, 1.165) is 11.1 Å². The molecule has 0 aliphatic carbocycles. The molecule has 3 N–H and O–H groups in total. The van der Waals surface area contributed by atoms with Crippen LogP contribution in [0, 0.1) is 0 Å². The Labute approximate surface area is 212 Å². The van der Waals surface area contributed by atoms with Crippen LogP contribution in [0.2, 0.25) is 0 Å². The number of phenols is 1. The van der Waals surface area contributed by atoms with E-state index in [1.807, 2.05) is 24.3 Å². The summed E-state index contributed by atoms with van der Waals surface area (Å²) < 4.78 is 10.1. The molecule has 0 spiro atoms. The van der Waals surface area contributed by atoms with Gasteiger partial charge in [-0.25, -0.2) is 14.6 Å². The number of phenolic OH excluding ortho intramolecular Hbond substituents is 1. The summed E-state index contributed by atoms with van der Waals surface area (Å²) in [4.78, 5) is 41.9. The molecule has 0 radical (unpaired) electrons. The quantitative estimate of drug-likeness (QED) is 0.311. The lowest BCUT2D eigenvalue weighted by atomic mass is 10.00. The highest BCUT2D eigenvalue weighted by Crippen LogP contribution is 2.29. The Hall–Kier alpha value is -4.92. The van der Waals surface area contributed by atoms with E-state index in [0.29, 0.717) is 22.2 Å². The highest BCUT2D eigenvalue weighted by molar-refractivity contribution is 6.07. The van der Waals surface area contributed by atoms with Crippen molar-refractivity contribution in [2.45, 2.75) is 12.5 Å². The second-order valence-electron chi connectivity index (χ2n) is 8.24. The second-order valence-corrected chi connectivity index (χ2v) is 8.24. The molecule has 1 amide bonds. The number of nitrogens with one attached hydrogen (secondary N) is 1. The van der Waals surface area contributed by atoms with Crippen molar-refractivity contribution in [2.24, 2.45) is 0 Å². The lowest BCUT2D eigenvalue weighted by molar-refractivity contribution is -0.142. The number of methoxy groups -OCH3 is 2. The Morgan fingerprint density at radius 1 is 0.946 bits per heavy atom. The van der Waals surface area contributed by atoms with Crippen LogP contribution in [0.5, 0.6) is 11.5 Å². The zero-order valence-electron chi connectivity index (χ0n) is 20.1. The normalized spacial score (nSPS) is 11.5. The standard InChI is InChI=1S/C28H24N2O7/c1-36-20-5-3-4-17(13-20)18-8-11-23-21(14-18)22(27(33)34)15-24(29-23)26(32)30-25(28(35)37-2)12-16-6-9-19(31)10-7-16/h3-11,13-15,25,31H,12H2,1-2H3,(H,30,32)(H,33,34)/t25-/m0/s1. The van der Waals surface area contributed by atoms with Crippen molar-refractivity contribution in [1.82, 2.24) is 10.3 Å². The molecule has 0 saturated heterocycles. The molecule has 37 heavy (non-hydrogen) atoms. The number of rotatable bonds is 8. The third kappa shape index (κ3) is 5.67. The highest BCUT2D eigenvalue weighted by Gasteiger charge is 2.25. The number of esters is 1. The number of ether oxygens (including phenoxy) is 2. The Balaban J connectivity index is 1.67. The van der Waals surface area contributed by atoms with E-state index >= 15 is 0 Å². The SMILES string of the molecule is COC(=O)[C@H](Cc1ccc(O)cc1)NC(=O)c1cc(C(=O)O)c2cc(-c3cccc(OC)c3)ccc2n1. The molecule has 1 aromatic heterocycles. The molecular formula is C28H24N2O7. The van der Waals surface area contributed by atoms with E-state index < -0.39 is 23.9 Å². The molecule has 0 aliphatic heterocycles. The van der Waals surface area contributed by atoms with Gasteiger partial charge in [-0.05, 0) is 59.2 Å². The fourth-order valence-electron chi connectivity index (χ4n) is 3.94. The number of aromatic hydroxyl groups is 1. The number of carbonyl (C=O) groups excluding carboxylic acids is 2. The maximum atomic E-state index is 13.1. The lowest BCUT2D eigenvalue weighted by Crippen LogP contribution is -2.43. The highest BCUT2D eigenvalue weighted by atomic mass is 16.5. The first-order valence-electron chi connectivity index (χ1n) is 11.3. The summed E-state index contributed by atoms with van der Waals surface area (Å²) in [6.45, 7) is 0. The molecule has 1 heterocycles. The van der Waals surface area contributed by atoms with Crippen LogP contribution < -0.4 is 10.1 Å². The van der Waals surface area contributed by atoms with Crippen LogP contribution in [-0.4, -0.2) is 53.3 Å². The van der Waals surface area contributed by atoms with Gasteiger partial charge in [0.1, 0.15) is 23.2 Å². The first kappa shape index (κ1) is 25.2. The average Bonchev–Trinajstić information content (AvgIpc) is 2.92. The van der Waals surface area contributed by atoms with Crippen LogP contribution in [0.25, 0.3) is 22.0 Å². The first-order chi connectivity index (χ1) is 17.8. The first-order valence-corrected chi connectivity index (χ1v) is 11.3. The summed E-state index contributed by atoms with van der Waals surface area (Å²) in [6, 6.07) is 18.8. The van der Waals surface area contributed by atoms with E-state index in [4.69, 9.17) is 9.47 Å². The second kappa shape index (κ2) is 10.8. The number of carboxylic acids is 1. The third-order valence-corrected chi connectivity index (χ3v) is 5.84. The minimum atomic E-state index is -1.22. The van der Waals surface area contributed by atoms with Crippen molar-refractivity contribution in [1.29, 1.82) is 0 Å². The molecule has 4 rings (SSSR count). The number of fused-ring (bicyclic) bond motifs is 1. The molecule has 0 fully saturated rings. The number of carbonyl (C=O) groups is 3. The molecule has 4 aromatic rings. The van der Waals surface area contributed by atoms with Crippen molar-refractivity contribution in [2.75, 3.05) is 14.2 Å². The van der Waals surface area contributed by atoms with Crippen LogP contribution >= 0.6 is 0 Å². The summed E-state index contributed by atoms with van der Waals surface area (Å²) in [5, 5.41) is 22.3. The summed E-state index contributed by atoms with van der Waals surface area (Å²) in [7, 11) is 2.77. The fourth-order valence-corrected chi connectivity index (χ4v) is 3.94. The monoisotopic (exact) mass is 500 g/mol. The number of carboxylic acid groups (broad SMARTS) is 1. The summed E-state index contributed by atoms with van der Waals surface area (Å²) in [6.07, 6.45) is 0.0992. The third-order valence-electron chi connectivity index (χ3n) is 5.84. The number of nitrogens with zero attached hydrogens (tertiary/aromatic N) is 1. The van der Waals surface area contributed by atoms with E-state index in [9.17, 15) is 24.6 Å². The predicted octanol–water partition coefficient (Wildman–Crippen LogP) is 3.83. The zero-order chi connectivity index (χ0) is 26.5. The van der Waals surface area contributed by atoms with Crippen LogP contribution in [-0.2, 0) is 16.0 Å². The number of aromatic carboxylic acids is 1. The van der Waals surface area contributed by atoms with Gasteiger partial charge in [0.25, 0.3) is 5.91 Å².